The van der Waals surface area contributed by atoms with E-state index in [1.54, 1.807) is 7.11 Å². The zero-order valence-corrected chi connectivity index (χ0v) is 10.6. The van der Waals surface area contributed by atoms with Crippen molar-refractivity contribution in [2.75, 3.05) is 20.3 Å². The monoisotopic (exact) mass is 235 g/mol. The number of hydrogen-bond acceptors (Lipinski definition) is 3. The summed E-state index contributed by atoms with van der Waals surface area (Å²) in [5.74, 6) is 1.34. The lowest BCUT2D eigenvalue weighted by molar-refractivity contribution is 0.0447. The predicted octanol–water partition coefficient (Wildman–Crippen LogP) is 2.43. The van der Waals surface area contributed by atoms with E-state index in [0.29, 0.717) is 5.92 Å². The van der Waals surface area contributed by atoms with Crippen LogP contribution in [-0.4, -0.2) is 20.3 Å². The highest BCUT2D eigenvalue weighted by molar-refractivity contribution is 5.38. The average molecular weight is 235 g/mol. The normalized spacial score (nSPS) is 22.2. The highest BCUT2D eigenvalue weighted by Crippen LogP contribution is 2.29. The number of ether oxygens (including phenoxy) is 2. The highest BCUT2D eigenvalue weighted by Gasteiger charge is 2.22. The Morgan fingerprint density at radius 3 is 2.94 bits per heavy atom. The Hall–Kier alpha value is -1.06. The van der Waals surface area contributed by atoms with Crippen LogP contribution in [0.25, 0.3) is 0 Å². The van der Waals surface area contributed by atoms with Crippen LogP contribution in [0.4, 0.5) is 0 Å². The molecule has 2 rings (SSSR count). The molecule has 17 heavy (non-hydrogen) atoms. The predicted molar refractivity (Wildman–Crippen MR) is 68.2 cm³/mol. The summed E-state index contributed by atoms with van der Waals surface area (Å²) >= 11 is 0. The molecule has 0 aromatic heterocycles. The van der Waals surface area contributed by atoms with Crippen LogP contribution in [0.1, 0.15) is 30.0 Å². The number of benzene rings is 1. The zero-order chi connectivity index (χ0) is 12.3. The first-order valence-corrected chi connectivity index (χ1v) is 6.20. The van der Waals surface area contributed by atoms with Gasteiger partial charge in [-0.3, -0.25) is 0 Å². The lowest BCUT2D eigenvalue weighted by Gasteiger charge is -2.28. The Labute approximate surface area is 103 Å². The molecule has 1 aromatic carbocycles. The fourth-order valence-electron chi connectivity index (χ4n) is 2.36. The van der Waals surface area contributed by atoms with Gasteiger partial charge in [0.05, 0.1) is 13.7 Å². The summed E-state index contributed by atoms with van der Waals surface area (Å²) in [5, 5.41) is 0. The molecule has 3 heteroatoms. The van der Waals surface area contributed by atoms with Crippen LogP contribution in [0, 0.1) is 12.8 Å². The fraction of sp³-hybridized carbons (Fsp3) is 0.571. The first-order valence-electron chi connectivity index (χ1n) is 6.20. The molecule has 0 aliphatic carbocycles. The van der Waals surface area contributed by atoms with Crippen molar-refractivity contribution < 1.29 is 9.47 Å². The Morgan fingerprint density at radius 2 is 2.29 bits per heavy atom. The minimum atomic E-state index is 0.0461. The molecule has 0 bridgehead atoms. The summed E-state index contributed by atoms with van der Waals surface area (Å²) in [6.07, 6.45) is 2.26. The van der Waals surface area contributed by atoms with Crippen LogP contribution in [0.15, 0.2) is 18.2 Å². The van der Waals surface area contributed by atoms with Crippen molar-refractivity contribution in [3.63, 3.8) is 0 Å². The minimum absolute atomic E-state index is 0.0461. The molecule has 2 atom stereocenters. The molecule has 2 N–H and O–H groups in total. The van der Waals surface area contributed by atoms with Crippen molar-refractivity contribution in [1.29, 1.82) is 0 Å². The molecular weight excluding hydrogens is 214 g/mol. The largest absolute Gasteiger partial charge is 0.496 e. The summed E-state index contributed by atoms with van der Waals surface area (Å²) in [6.45, 7) is 3.69. The van der Waals surface area contributed by atoms with E-state index in [2.05, 4.69) is 18.2 Å². The lowest BCUT2D eigenvalue weighted by atomic mass is 9.89. The summed E-state index contributed by atoms with van der Waals surface area (Å²) in [5.41, 5.74) is 8.59. The van der Waals surface area contributed by atoms with E-state index in [0.717, 1.165) is 42.9 Å². The molecule has 0 amide bonds. The molecule has 94 valence electrons. The molecule has 1 aromatic rings. The number of nitrogens with two attached hydrogens (primary N) is 1. The Kier molecular flexibility index (Phi) is 4.02. The summed E-state index contributed by atoms with van der Waals surface area (Å²) in [6, 6.07) is 6.26. The number of methoxy groups -OCH3 is 1. The van der Waals surface area contributed by atoms with Gasteiger partial charge in [-0.15, -0.1) is 0 Å². The van der Waals surface area contributed by atoms with Gasteiger partial charge in [0.1, 0.15) is 5.75 Å². The van der Waals surface area contributed by atoms with Gasteiger partial charge in [-0.25, -0.2) is 0 Å². The summed E-state index contributed by atoms with van der Waals surface area (Å²) in [7, 11) is 1.70. The van der Waals surface area contributed by atoms with Crippen molar-refractivity contribution in [2.24, 2.45) is 11.7 Å². The Bertz CT molecular complexity index is 372. The fourth-order valence-corrected chi connectivity index (χ4v) is 2.36. The SMILES string of the molecule is COc1cc(C(N)C2CCCOC2)ccc1C. The molecule has 2 unspecified atom stereocenters. The molecule has 1 heterocycles. The smallest absolute Gasteiger partial charge is 0.122 e. The van der Waals surface area contributed by atoms with E-state index in [9.17, 15) is 0 Å². The third-order valence-corrected chi connectivity index (χ3v) is 3.52. The number of rotatable bonds is 3. The van der Waals surface area contributed by atoms with Crippen molar-refractivity contribution in [3.8, 4) is 5.75 Å². The standard InChI is InChI=1S/C14H21NO2/c1-10-5-6-11(8-13(10)16-2)14(15)12-4-3-7-17-9-12/h5-6,8,12,14H,3-4,7,9,15H2,1-2H3. The van der Waals surface area contributed by atoms with Gasteiger partial charge < -0.3 is 15.2 Å². The van der Waals surface area contributed by atoms with E-state index in [-0.39, 0.29) is 6.04 Å². The van der Waals surface area contributed by atoms with Gasteiger partial charge >= 0.3 is 0 Å². The molecule has 0 saturated carbocycles. The first-order chi connectivity index (χ1) is 8.22. The van der Waals surface area contributed by atoms with Gasteiger partial charge in [0, 0.05) is 18.6 Å². The van der Waals surface area contributed by atoms with Crippen molar-refractivity contribution >= 4 is 0 Å². The van der Waals surface area contributed by atoms with Crippen molar-refractivity contribution in [3.05, 3.63) is 29.3 Å². The highest BCUT2D eigenvalue weighted by atomic mass is 16.5. The third-order valence-electron chi connectivity index (χ3n) is 3.52. The molecule has 1 aliphatic heterocycles. The van der Waals surface area contributed by atoms with E-state index in [4.69, 9.17) is 15.2 Å². The minimum Gasteiger partial charge on any atom is -0.496 e. The van der Waals surface area contributed by atoms with E-state index < -0.39 is 0 Å². The van der Waals surface area contributed by atoms with E-state index in [1.807, 2.05) is 6.92 Å². The molecule has 0 radical (unpaired) electrons. The second-order valence-corrected chi connectivity index (χ2v) is 4.73. The number of hydrogen-bond donors (Lipinski definition) is 1. The maximum Gasteiger partial charge on any atom is 0.122 e. The molecule has 1 aliphatic rings. The quantitative estimate of drug-likeness (QED) is 0.875. The van der Waals surface area contributed by atoms with Crippen molar-refractivity contribution in [1.82, 2.24) is 0 Å². The Morgan fingerprint density at radius 1 is 1.47 bits per heavy atom. The van der Waals surface area contributed by atoms with Gasteiger partial charge in [0.25, 0.3) is 0 Å². The summed E-state index contributed by atoms with van der Waals surface area (Å²) < 4.78 is 10.8. The maximum atomic E-state index is 6.31. The van der Waals surface area contributed by atoms with Crippen LogP contribution in [0.5, 0.6) is 5.75 Å². The van der Waals surface area contributed by atoms with Gasteiger partial charge in [0.15, 0.2) is 0 Å². The molecular formula is C14H21NO2. The van der Waals surface area contributed by atoms with E-state index >= 15 is 0 Å². The van der Waals surface area contributed by atoms with Gasteiger partial charge in [-0.1, -0.05) is 12.1 Å². The van der Waals surface area contributed by atoms with E-state index in [1.165, 1.54) is 0 Å². The first kappa shape index (κ1) is 12.4. The molecule has 3 nitrogen and oxygen atoms in total. The van der Waals surface area contributed by atoms with Crippen LogP contribution in [-0.2, 0) is 4.74 Å². The molecule has 0 spiro atoms. The second kappa shape index (κ2) is 5.52. The van der Waals surface area contributed by atoms with Crippen LogP contribution in [0.3, 0.4) is 0 Å². The molecule has 1 fully saturated rings. The second-order valence-electron chi connectivity index (χ2n) is 4.73. The van der Waals surface area contributed by atoms with Gasteiger partial charge in [0.2, 0.25) is 0 Å². The van der Waals surface area contributed by atoms with Gasteiger partial charge in [-0.2, -0.15) is 0 Å². The molecule has 1 saturated heterocycles. The van der Waals surface area contributed by atoms with Crippen LogP contribution < -0.4 is 10.5 Å². The van der Waals surface area contributed by atoms with Crippen molar-refractivity contribution in [2.45, 2.75) is 25.8 Å². The third kappa shape index (κ3) is 2.79. The number of aryl methyl sites for hydroxylation is 1. The van der Waals surface area contributed by atoms with Crippen LogP contribution >= 0.6 is 0 Å². The topological polar surface area (TPSA) is 44.5 Å². The average Bonchev–Trinajstić information content (AvgIpc) is 2.39. The van der Waals surface area contributed by atoms with Crippen LogP contribution in [0.2, 0.25) is 0 Å². The Balaban J connectivity index is 2.15. The lowest BCUT2D eigenvalue weighted by Crippen LogP contribution is -2.29. The maximum absolute atomic E-state index is 6.31. The van der Waals surface area contributed by atoms with Gasteiger partial charge in [-0.05, 0) is 37.0 Å². The summed E-state index contributed by atoms with van der Waals surface area (Å²) in [4.78, 5) is 0. The zero-order valence-electron chi connectivity index (χ0n) is 10.6.